The Morgan fingerprint density at radius 1 is 1.15 bits per heavy atom. The molecule has 1 atom stereocenters. The van der Waals surface area contributed by atoms with Gasteiger partial charge in [-0.3, -0.25) is 8.98 Å². The van der Waals surface area contributed by atoms with E-state index in [9.17, 15) is 18.0 Å². The molecule has 0 aliphatic heterocycles. The molecule has 0 heterocycles. The third-order valence-electron chi connectivity index (χ3n) is 3.10. The molecule has 1 aromatic rings. The maximum Gasteiger partial charge on any atom is 0.407 e. The van der Waals surface area contributed by atoms with Crippen molar-refractivity contribution in [2.24, 2.45) is 0 Å². The first kappa shape index (κ1) is 21.9. The first-order chi connectivity index (χ1) is 11.9. The molecule has 0 bridgehead atoms. The monoisotopic (exact) mass is 387 g/mol. The summed E-state index contributed by atoms with van der Waals surface area (Å²) in [5.74, 6) is -0.623. The second-order valence-electron chi connectivity index (χ2n) is 6.68. The molecule has 1 N–H and O–H groups in total. The van der Waals surface area contributed by atoms with Gasteiger partial charge in [-0.15, -0.1) is 0 Å². The van der Waals surface area contributed by atoms with E-state index in [0.717, 1.165) is 5.56 Å². The van der Waals surface area contributed by atoms with E-state index in [1.165, 1.54) is 19.2 Å². The van der Waals surface area contributed by atoms with Crippen LogP contribution in [0.15, 0.2) is 29.2 Å². The van der Waals surface area contributed by atoms with Crippen LogP contribution in [0.5, 0.6) is 0 Å². The summed E-state index contributed by atoms with van der Waals surface area (Å²) in [6.07, 6.45) is -1.05. The van der Waals surface area contributed by atoms with Crippen LogP contribution in [0.4, 0.5) is 4.79 Å². The number of hydrogen-bond donors (Lipinski definition) is 1. The largest absolute Gasteiger partial charge is 0.469 e. The van der Waals surface area contributed by atoms with Crippen LogP contribution in [0, 0.1) is 6.92 Å². The Kier molecular flexibility index (Phi) is 7.58. The molecule has 1 unspecified atom stereocenters. The van der Waals surface area contributed by atoms with Crippen molar-refractivity contribution >= 4 is 22.2 Å². The smallest absolute Gasteiger partial charge is 0.407 e. The summed E-state index contributed by atoms with van der Waals surface area (Å²) in [5.41, 5.74) is 0.161. The fraction of sp³-hybridized carbons (Fsp3) is 0.529. The number of hydrogen-bond acceptors (Lipinski definition) is 7. The number of rotatable bonds is 7. The quantitative estimate of drug-likeness (QED) is 0.564. The van der Waals surface area contributed by atoms with E-state index in [4.69, 9.17) is 8.92 Å². The van der Waals surface area contributed by atoms with E-state index in [1.54, 1.807) is 32.9 Å². The molecule has 0 spiro atoms. The van der Waals surface area contributed by atoms with Crippen molar-refractivity contribution in [1.29, 1.82) is 0 Å². The van der Waals surface area contributed by atoms with Crippen LogP contribution < -0.4 is 5.32 Å². The average Bonchev–Trinajstić information content (AvgIpc) is 2.51. The highest BCUT2D eigenvalue weighted by atomic mass is 32.2. The summed E-state index contributed by atoms with van der Waals surface area (Å²) in [7, 11) is -2.84. The molecule has 0 radical (unpaired) electrons. The number of benzene rings is 1. The fourth-order valence-electron chi connectivity index (χ4n) is 1.86. The second kappa shape index (κ2) is 9.00. The van der Waals surface area contributed by atoms with E-state index < -0.39 is 40.4 Å². The highest BCUT2D eigenvalue weighted by Gasteiger charge is 2.24. The number of methoxy groups -OCH3 is 1. The normalized spacial score (nSPS) is 13.0. The Morgan fingerprint density at radius 3 is 2.23 bits per heavy atom. The predicted octanol–water partition coefficient (Wildman–Crippen LogP) is 2.16. The van der Waals surface area contributed by atoms with Crippen molar-refractivity contribution < 1.29 is 31.7 Å². The lowest BCUT2D eigenvalue weighted by molar-refractivity contribution is -0.141. The lowest BCUT2D eigenvalue weighted by Crippen LogP contribution is -2.43. The maximum atomic E-state index is 12.2. The Bertz CT molecular complexity index is 720. The zero-order valence-corrected chi connectivity index (χ0v) is 16.4. The molecule has 0 saturated carbocycles. The Hall–Kier alpha value is -2.13. The van der Waals surface area contributed by atoms with Gasteiger partial charge >= 0.3 is 12.1 Å². The number of alkyl carbamates (subject to hydrolysis) is 1. The number of carbonyl (C=O) groups is 2. The second-order valence-corrected chi connectivity index (χ2v) is 8.29. The van der Waals surface area contributed by atoms with Crippen LogP contribution in [0.3, 0.4) is 0 Å². The van der Waals surface area contributed by atoms with Gasteiger partial charge in [0.25, 0.3) is 10.1 Å². The van der Waals surface area contributed by atoms with Crippen molar-refractivity contribution in [2.75, 3.05) is 13.7 Å². The molecule has 0 aliphatic rings. The van der Waals surface area contributed by atoms with Crippen molar-refractivity contribution in [3.63, 3.8) is 0 Å². The summed E-state index contributed by atoms with van der Waals surface area (Å²) in [6, 6.07) is 5.18. The van der Waals surface area contributed by atoms with E-state index in [0.29, 0.717) is 0 Å². The third kappa shape index (κ3) is 7.83. The predicted molar refractivity (Wildman–Crippen MR) is 94.1 cm³/mol. The summed E-state index contributed by atoms with van der Waals surface area (Å²) in [4.78, 5) is 23.4. The van der Waals surface area contributed by atoms with Crippen LogP contribution in [0.2, 0.25) is 0 Å². The van der Waals surface area contributed by atoms with E-state index in [-0.39, 0.29) is 11.3 Å². The molecule has 1 amide bonds. The molecule has 1 aromatic carbocycles. The number of amides is 1. The van der Waals surface area contributed by atoms with Crippen molar-refractivity contribution in [3.05, 3.63) is 29.8 Å². The van der Waals surface area contributed by atoms with Crippen LogP contribution in [0.1, 0.15) is 32.8 Å². The molecule has 26 heavy (non-hydrogen) atoms. The van der Waals surface area contributed by atoms with Crippen molar-refractivity contribution in [1.82, 2.24) is 5.32 Å². The molecule has 9 heteroatoms. The van der Waals surface area contributed by atoms with Crippen LogP contribution in [0.25, 0.3) is 0 Å². The van der Waals surface area contributed by atoms with Gasteiger partial charge in [0.2, 0.25) is 0 Å². The standard InChI is InChI=1S/C17H25NO7S/c1-12-6-8-14(9-7-12)26(21,22)24-11-13(10-15(19)23-5)18-16(20)25-17(2,3)4/h6-9,13H,10-11H2,1-5H3,(H,18,20). The van der Waals surface area contributed by atoms with E-state index in [1.807, 2.05) is 6.92 Å². The molecule has 0 aliphatic carbocycles. The number of nitrogens with one attached hydrogen (secondary N) is 1. The highest BCUT2D eigenvalue weighted by Crippen LogP contribution is 2.14. The molecule has 1 rings (SSSR count). The number of carbonyl (C=O) groups excluding carboxylic acids is 2. The van der Waals surface area contributed by atoms with Gasteiger partial charge in [0.05, 0.1) is 31.1 Å². The van der Waals surface area contributed by atoms with Crippen LogP contribution in [-0.2, 0) is 28.6 Å². The minimum atomic E-state index is -4.03. The first-order valence-electron chi connectivity index (χ1n) is 7.95. The summed E-state index contributed by atoms with van der Waals surface area (Å²) < 4.78 is 39.1. The van der Waals surface area contributed by atoms with Crippen molar-refractivity contribution in [3.8, 4) is 0 Å². The van der Waals surface area contributed by atoms with Gasteiger partial charge in [0.15, 0.2) is 0 Å². The first-order valence-corrected chi connectivity index (χ1v) is 9.36. The van der Waals surface area contributed by atoms with Gasteiger partial charge in [0.1, 0.15) is 5.60 Å². The molecular weight excluding hydrogens is 362 g/mol. The number of esters is 1. The van der Waals surface area contributed by atoms with E-state index in [2.05, 4.69) is 10.1 Å². The average molecular weight is 387 g/mol. The van der Waals surface area contributed by atoms with Crippen LogP contribution in [-0.4, -0.2) is 45.8 Å². The maximum absolute atomic E-state index is 12.2. The molecule has 0 aromatic heterocycles. The Morgan fingerprint density at radius 2 is 1.73 bits per heavy atom. The van der Waals surface area contributed by atoms with Gasteiger partial charge in [-0.2, -0.15) is 8.42 Å². The lowest BCUT2D eigenvalue weighted by Gasteiger charge is -2.23. The minimum absolute atomic E-state index is 0.0165. The third-order valence-corrected chi connectivity index (χ3v) is 4.39. The van der Waals surface area contributed by atoms with Gasteiger partial charge in [-0.05, 0) is 39.8 Å². The zero-order valence-electron chi connectivity index (χ0n) is 15.6. The Labute approximate surface area is 153 Å². The summed E-state index contributed by atoms with van der Waals surface area (Å²) >= 11 is 0. The van der Waals surface area contributed by atoms with Crippen LogP contribution >= 0.6 is 0 Å². The zero-order chi connectivity index (χ0) is 20.0. The lowest BCUT2D eigenvalue weighted by atomic mass is 10.2. The molecule has 0 fully saturated rings. The number of ether oxygens (including phenoxy) is 2. The highest BCUT2D eigenvalue weighted by molar-refractivity contribution is 7.86. The van der Waals surface area contributed by atoms with Gasteiger partial charge in [-0.25, -0.2) is 4.79 Å². The molecular formula is C17H25NO7S. The van der Waals surface area contributed by atoms with E-state index >= 15 is 0 Å². The van der Waals surface area contributed by atoms with Gasteiger partial charge in [0, 0.05) is 0 Å². The van der Waals surface area contributed by atoms with Gasteiger partial charge < -0.3 is 14.8 Å². The summed E-state index contributed by atoms with van der Waals surface area (Å²) in [6.45, 7) is 6.43. The SMILES string of the molecule is COC(=O)CC(COS(=O)(=O)c1ccc(C)cc1)NC(=O)OC(C)(C)C. The topological polar surface area (TPSA) is 108 Å². The molecule has 0 saturated heterocycles. The Balaban J connectivity index is 2.80. The fourth-order valence-corrected chi connectivity index (χ4v) is 2.80. The van der Waals surface area contributed by atoms with Crippen molar-refractivity contribution in [2.45, 2.75) is 50.7 Å². The summed E-state index contributed by atoms with van der Waals surface area (Å²) in [5, 5.41) is 2.42. The molecule has 146 valence electrons. The van der Waals surface area contributed by atoms with Gasteiger partial charge in [-0.1, -0.05) is 17.7 Å². The number of aryl methyl sites for hydroxylation is 1. The molecule has 8 nitrogen and oxygen atoms in total. The minimum Gasteiger partial charge on any atom is -0.469 e.